The standard InChI is InChI=1S/C19H27F3N4O/c20-19(21,22)17-12-24-18(13-23-17)26-10-6-16(7-11-26)27-15-4-8-25(9-5-15)14-2-1-3-14/h12-16H,1-11H2. The molecule has 1 aliphatic carbocycles. The van der Waals surface area contributed by atoms with Crippen LogP contribution in [0.25, 0.3) is 0 Å². The first-order chi connectivity index (χ1) is 13.0. The monoisotopic (exact) mass is 384 g/mol. The van der Waals surface area contributed by atoms with Gasteiger partial charge in [-0.05, 0) is 38.5 Å². The van der Waals surface area contributed by atoms with Crippen LogP contribution in [0.3, 0.4) is 0 Å². The molecule has 150 valence electrons. The molecule has 0 bridgehead atoms. The fourth-order valence-electron chi connectivity index (χ4n) is 4.25. The molecule has 8 heteroatoms. The van der Waals surface area contributed by atoms with Gasteiger partial charge in [0.2, 0.25) is 0 Å². The Morgan fingerprint density at radius 1 is 0.852 bits per heavy atom. The molecule has 2 aliphatic heterocycles. The summed E-state index contributed by atoms with van der Waals surface area (Å²) in [7, 11) is 0. The van der Waals surface area contributed by atoms with Gasteiger partial charge >= 0.3 is 6.18 Å². The van der Waals surface area contributed by atoms with Crippen LogP contribution in [0.2, 0.25) is 0 Å². The molecule has 1 aromatic heterocycles. The molecule has 5 nitrogen and oxygen atoms in total. The summed E-state index contributed by atoms with van der Waals surface area (Å²) in [5, 5.41) is 0. The van der Waals surface area contributed by atoms with E-state index in [1.54, 1.807) is 0 Å². The third-order valence-corrected chi connectivity index (χ3v) is 6.15. The second kappa shape index (κ2) is 7.91. The molecular formula is C19H27F3N4O. The van der Waals surface area contributed by atoms with Gasteiger partial charge in [0.25, 0.3) is 0 Å². The molecule has 0 atom stereocenters. The Hall–Kier alpha value is -1.41. The largest absolute Gasteiger partial charge is 0.434 e. The van der Waals surface area contributed by atoms with Crippen molar-refractivity contribution in [2.75, 3.05) is 31.1 Å². The van der Waals surface area contributed by atoms with Crippen LogP contribution in [-0.4, -0.2) is 59.3 Å². The van der Waals surface area contributed by atoms with Crippen LogP contribution in [0, 0.1) is 0 Å². The van der Waals surface area contributed by atoms with E-state index in [-0.39, 0.29) is 6.10 Å². The Kier molecular flexibility index (Phi) is 5.55. The number of rotatable bonds is 4. The average molecular weight is 384 g/mol. The van der Waals surface area contributed by atoms with E-state index in [2.05, 4.69) is 14.9 Å². The Bertz CT molecular complexity index is 604. The number of alkyl halides is 3. The molecule has 1 aromatic rings. The van der Waals surface area contributed by atoms with Gasteiger partial charge in [-0.2, -0.15) is 13.2 Å². The molecule has 0 N–H and O–H groups in total. The number of hydrogen-bond acceptors (Lipinski definition) is 5. The second-order valence-electron chi connectivity index (χ2n) is 7.90. The van der Waals surface area contributed by atoms with E-state index in [0.717, 1.165) is 64.1 Å². The smallest absolute Gasteiger partial charge is 0.375 e. The minimum Gasteiger partial charge on any atom is -0.375 e. The molecule has 4 rings (SSSR count). The molecule has 3 fully saturated rings. The number of ether oxygens (including phenoxy) is 1. The van der Waals surface area contributed by atoms with Crippen molar-refractivity contribution < 1.29 is 17.9 Å². The molecule has 2 saturated heterocycles. The lowest BCUT2D eigenvalue weighted by Crippen LogP contribution is -2.47. The quantitative estimate of drug-likeness (QED) is 0.795. The van der Waals surface area contributed by atoms with Crippen molar-refractivity contribution in [2.24, 2.45) is 0 Å². The number of halogens is 3. The van der Waals surface area contributed by atoms with Gasteiger partial charge in [-0.25, -0.2) is 9.97 Å². The van der Waals surface area contributed by atoms with Crippen molar-refractivity contribution in [3.63, 3.8) is 0 Å². The van der Waals surface area contributed by atoms with E-state index in [9.17, 15) is 13.2 Å². The van der Waals surface area contributed by atoms with Crippen LogP contribution < -0.4 is 4.90 Å². The summed E-state index contributed by atoms with van der Waals surface area (Å²) in [6.07, 6.45) is 6.26. The van der Waals surface area contributed by atoms with Crippen molar-refractivity contribution in [1.29, 1.82) is 0 Å². The molecule has 0 radical (unpaired) electrons. The minimum atomic E-state index is -4.44. The highest BCUT2D eigenvalue weighted by molar-refractivity contribution is 5.36. The molecular weight excluding hydrogens is 357 g/mol. The zero-order chi connectivity index (χ0) is 18.9. The van der Waals surface area contributed by atoms with E-state index in [1.807, 2.05) is 4.90 Å². The normalized spacial score (nSPS) is 24.2. The van der Waals surface area contributed by atoms with E-state index in [1.165, 1.54) is 25.5 Å². The summed E-state index contributed by atoms with van der Waals surface area (Å²) in [6, 6.07) is 0.819. The van der Waals surface area contributed by atoms with Crippen molar-refractivity contribution >= 4 is 5.82 Å². The van der Waals surface area contributed by atoms with Gasteiger partial charge in [0, 0.05) is 32.2 Å². The maximum absolute atomic E-state index is 12.6. The minimum absolute atomic E-state index is 0.240. The Labute approximate surface area is 157 Å². The Morgan fingerprint density at radius 2 is 1.48 bits per heavy atom. The van der Waals surface area contributed by atoms with Crippen LogP contribution in [-0.2, 0) is 10.9 Å². The summed E-state index contributed by atoms with van der Waals surface area (Å²) in [5.74, 6) is 0.509. The average Bonchev–Trinajstić information content (AvgIpc) is 2.62. The van der Waals surface area contributed by atoms with Crippen LogP contribution >= 0.6 is 0 Å². The van der Waals surface area contributed by atoms with E-state index >= 15 is 0 Å². The van der Waals surface area contributed by atoms with Crippen LogP contribution in [0.4, 0.5) is 19.0 Å². The number of likely N-dealkylation sites (tertiary alicyclic amines) is 1. The summed E-state index contributed by atoms with van der Waals surface area (Å²) in [5.41, 5.74) is -0.947. The predicted molar refractivity (Wildman–Crippen MR) is 95.6 cm³/mol. The van der Waals surface area contributed by atoms with Crippen LogP contribution in [0.15, 0.2) is 12.4 Å². The molecule has 0 spiro atoms. The molecule has 27 heavy (non-hydrogen) atoms. The summed E-state index contributed by atoms with van der Waals surface area (Å²) >= 11 is 0. The first kappa shape index (κ1) is 18.9. The number of nitrogens with zero attached hydrogens (tertiary/aromatic N) is 4. The molecule has 0 unspecified atom stereocenters. The summed E-state index contributed by atoms with van der Waals surface area (Å²) < 4.78 is 44.1. The Balaban J connectivity index is 1.21. The highest BCUT2D eigenvalue weighted by Crippen LogP contribution is 2.30. The molecule has 3 heterocycles. The third kappa shape index (κ3) is 4.54. The number of hydrogen-bond donors (Lipinski definition) is 0. The summed E-state index contributed by atoms with van der Waals surface area (Å²) in [6.45, 7) is 3.78. The lowest BCUT2D eigenvalue weighted by atomic mass is 9.89. The van der Waals surface area contributed by atoms with E-state index in [4.69, 9.17) is 4.74 Å². The van der Waals surface area contributed by atoms with Gasteiger partial charge in [-0.1, -0.05) is 6.42 Å². The van der Waals surface area contributed by atoms with Gasteiger partial charge in [-0.3, -0.25) is 0 Å². The fourth-order valence-corrected chi connectivity index (χ4v) is 4.25. The van der Waals surface area contributed by atoms with Gasteiger partial charge in [0.15, 0.2) is 5.69 Å². The van der Waals surface area contributed by atoms with Crippen LogP contribution in [0.5, 0.6) is 0 Å². The second-order valence-corrected chi connectivity index (χ2v) is 7.90. The Morgan fingerprint density at radius 3 is 1.96 bits per heavy atom. The van der Waals surface area contributed by atoms with Crippen molar-refractivity contribution in [2.45, 2.75) is 69.4 Å². The SMILES string of the molecule is FC(F)(F)c1cnc(N2CCC(OC3CCN(C4CCC4)CC3)CC2)cn1. The zero-order valence-corrected chi connectivity index (χ0v) is 15.5. The van der Waals surface area contributed by atoms with Crippen LogP contribution in [0.1, 0.15) is 50.6 Å². The van der Waals surface area contributed by atoms with Gasteiger partial charge < -0.3 is 14.5 Å². The van der Waals surface area contributed by atoms with Crippen molar-refractivity contribution in [1.82, 2.24) is 14.9 Å². The maximum atomic E-state index is 12.6. The third-order valence-electron chi connectivity index (χ3n) is 6.15. The molecule has 3 aliphatic rings. The highest BCUT2D eigenvalue weighted by Gasteiger charge is 2.34. The lowest BCUT2D eigenvalue weighted by Gasteiger charge is -2.42. The number of piperidine rings is 2. The number of aromatic nitrogens is 2. The first-order valence-corrected chi connectivity index (χ1v) is 10.0. The zero-order valence-electron chi connectivity index (χ0n) is 15.5. The fraction of sp³-hybridized carbons (Fsp3) is 0.789. The van der Waals surface area contributed by atoms with Crippen molar-refractivity contribution in [3.8, 4) is 0 Å². The van der Waals surface area contributed by atoms with Crippen molar-refractivity contribution in [3.05, 3.63) is 18.1 Å². The summed E-state index contributed by atoms with van der Waals surface area (Å²) in [4.78, 5) is 12.1. The topological polar surface area (TPSA) is 41.5 Å². The molecule has 0 amide bonds. The van der Waals surface area contributed by atoms with Gasteiger partial charge in [0.1, 0.15) is 5.82 Å². The number of anilines is 1. The van der Waals surface area contributed by atoms with E-state index in [0.29, 0.717) is 11.9 Å². The van der Waals surface area contributed by atoms with E-state index < -0.39 is 11.9 Å². The van der Waals surface area contributed by atoms with Gasteiger partial charge in [0.05, 0.1) is 24.6 Å². The predicted octanol–water partition coefficient (Wildman–Crippen LogP) is 3.50. The lowest BCUT2D eigenvalue weighted by molar-refractivity contribution is -0.141. The first-order valence-electron chi connectivity index (χ1n) is 10.0. The van der Waals surface area contributed by atoms with Gasteiger partial charge in [-0.15, -0.1) is 0 Å². The molecule has 0 aromatic carbocycles. The molecule has 1 saturated carbocycles. The highest BCUT2D eigenvalue weighted by atomic mass is 19.4. The maximum Gasteiger partial charge on any atom is 0.434 e.